The zero-order valence-corrected chi connectivity index (χ0v) is 8.82. The van der Waals surface area contributed by atoms with Crippen molar-refractivity contribution in [1.82, 2.24) is 0 Å². The summed E-state index contributed by atoms with van der Waals surface area (Å²) in [5.41, 5.74) is 2.66. The Morgan fingerprint density at radius 1 is 1.33 bits per heavy atom. The lowest BCUT2D eigenvalue weighted by Crippen LogP contribution is -1.98. The van der Waals surface area contributed by atoms with Gasteiger partial charge in [0, 0.05) is 18.1 Å². The Labute approximate surface area is 88.1 Å². The van der Waals surface area contributed by atoms with Crippen molar-refractivity contribution < 1.29 is 9.72 Å². The Hall–Kier alpha value is -1.71. The highest BCUT2D eigenvalue weighted by molar-refractivity contribution is 5.53. The van der Waals surface area contributed by atoms with Crippen LogP contribution in [0, 0.1) is 24.0 Å². The molecule has 0 amide bonds. The molecule has 0 saturated carbocycles. The van der Waals surface area contributed by atoms with Crippen molar-refractivity contribution in [3.05, 3.63) is 38.9 Å². The summed E-state index contributed by atoms with van der Waals surface area (Å²) in [4.78, 5) is 20.6. The number of hydrogen-bond donors (Lipinski definition) is 0. The summed E-state index contributed by atoms with van der Waals surface area (Å²) in [5, 5.41) is 10.8. The minimum atomic E-state index is -0.396. The summed E-state index contributed by atoms with van der Waals surface area (Å²) < 4.78 is 0. The fraction of sp³-hybridized carbons (Fsp3) is 0.364. The third-order valence-electron chi connectivity index (χ3n) is 2.42. The van der Waals surface area contributed by atoms with Gasteiger partial charge >= 0.3 is 0 Å². The van der Waals surface area contributed by atoms with Crippen LogP contribution in [0.4, 0.5) is 5.69 Å². The van der Waals surface area contributed by atoms with Gasteiger partial charge in [-0.15, -0.1) is 0 Å². The predicted molar refractivity (Wildman–Crippen MR) is 57.0 cm³/mol. The standard InChI is InChI=1S/C11H13NO3/c1-8-6-10(4-3-5-13)11(12(14)15)7-9(8)2/h5-7H,3-4H2,1-2H3. The predicted octanol–water partition coefficient (Wildman–Crippen LogP) is 2.34. The van der Waals surface area contributed by atoms with Crippen LogP contribution in [0.5, 0.6) is 0 Å². The largest absolute Gasteiger partial charge is 0.303 e. The fourth-order valence-corrected chi connectivity index (χ4v) is 1.45. The maximum absolute atomic E-state index is 10.8. The van der Waals surface area contributed by atoms with E-state index in [4.69, 9.17) is 0 Å². The minimum Gasteiger partial charge on any atom is -0.303 e. The van der Waals surface area contributed by atoms with E-state index in [1.54, 1.807) is 12.1 Å². The number of benzene rings is 1. The summed E-state index contributed by atoms with van der Waals surface area (Å²) in [7, 11) is 0. The minimum absolute atomic E-state index is 0.111. The molecule has 4 heteroatoms. The summed E-state index contributed by atoms with van der Waals surface area (Å²) >= 11 is 0. The van der Waals surface area contributed by atoms with E-state index in [2.05, 4.69) is 0 Å². The van der Waals surface area contributed by atoms with Crippen molar-refractivity contribution in [1.29, 1.82) is 0 Å². The molecule has 1 rings (SSSR count). The Balaban J connectivity index is 3.15. The molecular formula is C11H13NO3. The summed E-state index contributed by atoms with van der Waals surface area (Å²) in [6.45, 7) is 3.75. The van der Waals surface area contributed by atoms with Crippen molar-refractivity contribution in [3.8, 4) is 0 Å². The average Bonchev–Trinajstić information content (AvgIpc) is 2.19. The van der Waals surface area contributed by atoms with Crippen molar-refractivity contribution in [3.63, 3.8) is 0 Å². The van der Waals surface area contributed by atoms with E-state index in [1.807, 2.05) is 13.8 Å². The topological polar surface area (TPSA) is 60.2 Å². The van der Waals surface area contributed by atoms with E-state index in [0.717, 1.165) is 17.4 Å². The highest BCUT2D eigenvalue weighted by atomic mass is 16.6. The Morgan fingerprint density at radius 2 is 1.93 bits per heavy atom. The second kappa shape index (κ2) is 4.68. The molecular weight excluding hydrogens is 194 g/mol. The summed E-state index contributed by atoms with van der Waals surface area (Å²) in [6.07, 6.45) is 1.53. The fourth-order valence-electron chi connectivity index (χ4n) is 1.45. The molecule has 15 heavy (non-hydrogen) atoms. The van der Waals surface area contributed by atoms with Gasteiger partial charge in [0.05, 0.1) is 4.92 Å². The normalized spacial score (nSPS) is 10.0. The van der Waals surface area contributed by atoms with E-state index >= 15 is 0 Å². The van der Waals surface area contributed by atoms with Gasteiger partial charge < -0.3 is 4.79 Å². The van der Waals surface area contributed by atoms with Gasteiger partial charge in [0.1, 0.15) is 6.29 Å². The highest BCUT2D eigenvalue weighted by Gasteiger charge is 2.14. The average molecular weight is 207 g/mol. The molecule has 0 fully saturated rings. The second-order valence-electron chi connectivity index (χ2n) is 3.53. The molecule has 4 nitrogen and oxygen atoms in total. The first kappa shape index (κ1) is 11.4. The van der Waals surface area contributed by atoms with Gasteiger partial charge in [0.15, 0.2) is 0 Å². The number of nitrogens with zero attached hydrogens (tertiary/aromatic N) is 1. The van der Waals surface area contributed by atoms with Crippen LogP contribution < -0.4 is 0 Å². The molecule has 0 aliphatic rings. The molecule has 1 aromatic rings. The molecule has 0 radical (unpaired) electrons. The molecule has 0 aromatic heterocycles. The van der Waals surface area contributed by atoms with Gasteiger partial charge in [-0.2, -0.15) is 0 Å². The van der Waals surface area contributed by atoms with Crippen molar-refractivity contribution in [2.45, 2.75) is 26.7 Å². The lowest BCUT2D eigenvalue weighted by atomic mass is 10.0. The van der Waals surface area contributed by atoms with Gasteiger partial charge in [-0.3, -0.25) is 10.1 Å². The molecule has 0 saturated heterocycles. The molecule has 0 spiro atoms. The van der Waals surface area contributed by atoms with Crippen molar-refractivity contribution in [2.24, 2.45) is 0 Å². The van der Waals surface area contributed by atoms with Gasteiger partial charge in [-0.1, -0.05) is 0 Å². The molecule has 1 aromatic carbocycles. The van der Waals surface area contributed by atoms with Gasteiger partial charge in [-0.05, 0) is 37.5 Å². The number of carbonyl (C=O) groups excluding carboxylic acids is 1. The maximum Gasteiger partial charge on any atom is 0.272 e. The van der Waals surface area contributed by atoms with E-state index in [0.29, 0.717) is 18.4 Å². The van der Waals surface area contributed by atoms with Crippen molar-refractivity contribution in [2.75, 3.05) is 0 Å². The van der Waals surface area contributed by atoms with E-state index in [1.165, 1.54) is 0 Å². The number of nitro groups is 1. The summed E-state index contributed by atoms with van der Waals surface area (Å²) in [5.74, 6) is 0. The van der Waals surface area contributed by atoms with Crippen molar-refractivity contribution >= 4 is 12.0 Å². The summed E-state index contributed by atoms with van der Waals surface area (Å²) in [6, 6.07) is 3.35. The van der Waals surface area contributed by atoms with Gasteiger partial charge in [0.25, 0.3) is 5.69 Å². The molecule has 80 valence electrons. The molecule has 0 atom stereocenters. The zero-order chi connectivity index (χ0) is 11.4. The molecule has 0 unspecified atom stereocenters. The Bertz CT molecular complexity index is 399. The second-order valence-corrected chi connectivity index (χ2v) is 3.53. The number of carbonyl (C=O) groups is 1. The highest BCUT2D eigenvalue weighted by Crippen LogP contribution is 2.23. The smallest absolute Gasteiger partial charge is 0.272 e. The van der Waals surface area contributed by atoms with Crippen LogP contribution in [0.15, 0.2) is 12.1 Å². The van der Waals surface area contributed by atoms with E-state index < -0.39 is 4.92 Å². The molecule has 0 bridgehead atoms. The Morgan fingerprint density at radius 3 is 2.47 bits per heavy atom. The van der Waals surface area contributed by atoms with E-state index in [-0.39, 0.29) is 5.69 Å². The maximum atomic E-state index is 10.8. The third-order valence-corrected chi connectivity index (χ3v) is 2.42. The van der Waals surface area contributed by atoms with Gasteiger partial charge in [0.2, 0.25) is 0 Å². The molecule has 0 aliphatic heterocycles. The Kier molecular flexibility index (Phi) is 3.55. The van der Waals surface area contributed by atoms with Crippen LogP contribution in [0.1, 0.15) is 23.1 Å². The first-order valence-corrected chi connectivity index (χ1v) is 4.74. The SMILES string of the molecule is Cc1cc(CCC=O)c([N+](=O)[O-])cc1C. The number of aryl methyl sites for hydroxylation is 3. The lowest BCUT2D eigenvalue weighted by Gasteiger charge is -2.05. The third kappa shape index (κ3) is 2.62. The molecule has 0 aliphatic carbocycles. The van der Waals surface area contributed by atoms with Crippen LogP contribution in [-0.2, 0) is 11.2 Å². The first-order valence-electron chi connectivity index (χ1n) is 4.74. The quantitative estimate of drug-likeness (QED) is 0.432. The monoisotopic (exact) mass is 207 g/mol. The van der Waals surface area contributed by atoms with Crippen LogP contribution >= 0.6 is 0 Å². The van der Waals surface area contributed by atoms with Crippen LogP contribution in [-0.4, -0.2) is 11.2 Å². The molecule has 0 heterocycles. The number of rotatable bonds is 4. The zero-order valence-electron chi connectivity index (χ0n) is 8.82. The number of nitro benzene ring substituents is 1. The first-order chi connectivity index (χ1) is 7.06. The van der Waals surface area contributed by atoms with Crippen LogP contribution in [0.3, 0.4) is 0 Å². The van der Waals surface area contributed by atoms with Gasteiger partial charge in [-0.25, -0.2) is 0 Å². The van der Waals surface area contributed by atoms with Crippen LogP contribution in [0.25, 0.3) is 0 Å². The lowest BCUT2D eigenvalue weighted by molar-refractivity contribution is -0.385. The van der Waals surface area contributed by atoms with Crippen LogP contribution in [0.2, 0.25) is 0 Å². The number of aldehydes is 1. The molecule has 0 N–H and O–H groups in total. The van der Waals surface area contributed by atoms with E-state index in [9.17, 15) is 14.9 Å². The number of hydrogen-bond acceptors (Lipinski definition) is 3.